The Morgan fingerprint density at radius 1 is 1.00 bits per heavy atom. The van der Waals surface area contributed by atoms with Crippen LogP contribution in [-0.4, -0.2) is 13.2 Å². The number of hydrogen-bond donors (Lipinski definition) is 1. The fourth-order valence-corrected chi connectivity index (χ4v) is 2.43. The fourth-order valence-electron chi connectivity index (χ4n) is 2.43. The van der Waals surface area contributed by atoms with E-state index in [0.29, 0.717) is 0 Å². The van der Waals surface area contributed by atoms with Crippen molar-refractivity contribution in [1.82, 2.24) is 5.32 Å². The molecule has 2 rings (SSSR count). The highest BCUT2D eigenvalue weighted by Gasteiger charge is 2.17. The van der Waals surface area contributed by atoms with E-state index in [1.54, 1.807) is 0 Å². The molecule has 2 nitrogen and oxygen atoms in total. The van der Waals surface area contributed by atoms with Crippen LogP contribution in [0, 0.1) is 6.92 Å². The van der Waals surface area contributed by atoms with Crippen molar-refractivity contribution in [2.45, 2.75) is 32.9 Å². The first-order valence-corrected chi connectivity index (χ1v) is 7.11. The lowest BCUT2D eigenvalue weighted by molar-refractivity contribution is 0.238. The van der Waals surface area contributed by atoms with Crippen LogP contribution in [0.2, 0.25) is 0 Å². The van der Waals surface area contributed by atoms with Gasteiger partial charge in [0.1, 0.15) is 5.75 Å². The van der Waals surface area contributed by atoms with Crippen molar-refractivity contribution in [3.8, 4) is 5.75 Å². The Balaban J connectivity index is 2.41. The number of para-hydroxylation sites is 1. The van der Waals surface area contributed by atoms with Gasteiger partial charge in [0, 0.05) is 5.56 Å². The van der Waals surface area contributed by atoms with Crippen LogP contribution in [0.5, 0.6) is 5.75 Å². The molecule has 0 radical (unpaired) electrons. The molecule has 0 aliphatic heterocycles. The molecule has 2 aromatic carbocycles. The third-order valence-corrected chi connectivity index (χ3v) is 3.26. The Kier molecular flexibility index (Phi) is 4.80. The molecular formula is C18H23NO. The molecule has 1 N–H and O–H groups in total. The number of hydrogen-bond acceptors (Lipinski definition) is 2. The lowest BCUT2D eigenvalue weighted by atomic mass is 9.96. The van der Waals surface area contributed by atoms with Crippen molar-refractivity contribution >= 4 is 0 Å². The summed E-state index contributed by atoms with van der Waals surface area (Å²) < 4.78 is 5.94. The minimum atomic E-state index is 0.143. The molecule has 2 aromatic rings. The molecule has 0 spiro atoms. The number of rotatable bonds is 5. The van der Waals surface area contributed by atoms with Gasteiger partial charge in [-0.15, -0.1) is 0 Å². The van der Waals surface area contributed by atoms with E-state index in [2.05, 4.69) is 62.5 Å². The lowest BCUT2D eigenvalue weighted by Crippen LogP contribution is -2.19. The van der Waals surface area contributed by atoms with Gasteiger partial charge in [0.2, 0.25) is 0 Å². The summed E-state index contributed by atoms with van der Waals surface area (Å²) in [6.07, 6.45) is 0.172. The van der Waals surface area contributed by atoms with E-state index in [4.69, 9.17) is 4.74 Å². The second kappa shape index (κ2) is 6.58. The molecule has 20 heavy (non-hydrogen) atoms. The number of nitrogens with one attached hydrogen (secondary N) is 1. The second-order valence-electron chi connectivity index (χ2n) is 5.34. The predicted octanol–water partition coefficient (Wildman–Crippen LogP) is 4.09. The van der Waals surface area contributed by atoms with Gasteiger partial charge in [-0.3, -0.25) is 0 Å². The molecule has 0 aromatic heterocycles. The fraction of sp³-hybridized carbons (Fsp3) is 0.333. The van der Waals surface area contributed by atoms with Crippen molar-refractivity contribution in [3.05, 3.63) is 65.2 Å². The minimum absolute atomic E-state index is 0.143. The molecule has 0 amide bonds. The Hall–Kier alpha value is -1.80. The second-order valence-corrected chi connectivity index (χ2v) is 5.34. The topological polar surface area (TPSA) is 21.3 Å². The average Bonchev–Trinajstić information content (AvgIpc) is 2.41. The molecule has 0 saturated heterocycles. The van der Waals surface area contributed by atoms with Gasteiger partial charge in [-0.1, -0.05) is 48.0 Å². The van der Waals surface area contributed by atoms with E-state index >= 15 is 0 Å². The van der Waals surface area contributed by atoms with Crippen molar-refractivity contribution < 1.29 is 4.74 Å². The summed E-state index contributed by atoms with van der Waals surface area (Å²) in [5.74, 6) is 0.948. The van der Waals surface area contributed by atoms with Gasteiger partial charge >= 0.3 is 0 Å². The number of ether oxygens (including phenoxy) is 1. The maximum absolute atomic E-state index is 5.94. The van der Waals surface area contributed by atoms with Crippen LogP contribution in [0.15, 0.2) is 48.5 Å². The van der Waals surface area contributed by atoms with Gasteiger partial charge in [0.15, 0.2) is 0 Å². The van der Waals surface area contributed by atoms with Gasteiger partial charge in [-0.25, -0.2) is 0 Å². The van der Waals surface area contributed by atoms with Gasteiger partial charge < -0.3 is 10.1 Å². The first-order valence-electron chi connectivity index (χ1n) is 7.11. The summed E-state index contributed by atoms with van der Waals surface area (Å²) in [6.45, 7) is 6.22. The van der Waals surface area contributed by atoms with E-state index in [-0.39, 0.29) is 12.1 Å². The van der Waals surface area contributed by atoms with Crippen molar-refractivity contribution in [2.24, 2.45) is 0 Å². The molecular weight excluding hydrogens is 246 g/mol. The molecule has 1 atom stereocenters. The summed E-state index contributed by atoms with van der Waals surface area (Å²) >= 11 is 0. The van der Waals surface area contributed by atoms with Crippen molar-refractivity contribution in [1.29, 1.82) is 0 Å². The van der Waals surface area contributed by atoms with Gasteiger partial charge in [-0.2, -0.15) is 0 Å². The Bertz CT molecular complexity index is 563. The molecule has 106 valence electrons. The quantitative estimate of drug-likeness (QED) is 0.882. The van der Waals surface area contributed by atoms with Crippen LogP contribution >= 0.6 is 0 Å². The third-order valence-electron chi connectivity index (χ3n) is 3.26. The molecule has 1 unspecified atom stereocenters. The molecule has 0 aliphatic rings. The molecule has 0 fully saturated rings. The third kappa shape index (κ3) is 3.40. The van der Waals surface area contributed by atoms with E-state index < -0.39 is 0 Å². The Labute approximate surface area is 121 Å². The van der Waals surface area contributed by atoms with Crippen LogP contribution < -0.4 is 10.1 Å². The highest BCUT2D eigenvalue weighted by molar-refractivity contribution is 5.42. The zero-order valence-corrected chi connectivity index (χ0v) is 12.7. The molecule has 0 aliphatic carbocycles. The largest absolute Gasteiger partial charge is 0.491 e. The molecule has 2 heteroatoms. The van der Waals surface area contributed by atoms with E-state index in [1.807, 2.05) is 19.2 Å². The number of aryl methyl sites for hydroxylation is 1. The SMILES string of the molecule is CNC(c1cccc(C)c1)c1ccccc1OC(C)C. The summed E-state index contributed by atoms with van der Waals surface area (Å²) in [7, 11) is 1.99. The molecule has 0 heterocycles. The summed E-state index contributed by atoms with van der Waals surface area (Å²) in [4.78, 5) is 0. The Morgan fingerprint density at radius 3 is 2.40 bits per heavy atom. The summed E-state index contributed by atoms with van der Waals surface area (Å²) in [5, 5.41) is 3.40. The summed E-state index contributed by atoms with van der Waals surface area (Å²) in [6, 6.07) is 17.0. The lowest BCUT2D eigenvalue weighted by Gasteiger charge is -2.22. The average molecular weight is 269 g/mol. The van der Waals surface area contributed by atoms with E-state index in [0.717, 1.165) is 5.75 Å². The van der Waals surface area contributed by atoms with Crippen LogP contribution in [0.25, 0.3) is 0 Å². The number of benzene rings is 2. The first kappa shape index (κ1) is 14.6. The van der Waals surface area contributed by atoms with Crippen LogP contribution in [0.3, 0.4) is 0 Å². The Morgan fingerprint density at radius 2 is 1.75 bits per heavy atom. The van der Waals surface area contributed by atoms with Gasteiger partial charge in [0.25, 0.3) is 0 Å². The van der Waals surface area contributed by atoms with Crippen LogP contribution in [0.4, 0.5) is 0 Å². The zero-order valence-electron chi connectivity index (χ0n) is 12.7. The highest BCUT2D eigenvalue weighted by Crippen LogP contribution is 2.30. The standard InChI is InChI=1S/C18H23NO/c1-13(2)20-17-11-6-5-10-16(17)18(19-4)15-9-7-8-14(3)12-15/h5-13,18-19H,1-4H3. The maximum atomic E-state index is 5.94. The monoisotopic (exact) mass is 269 g/mol. The van der Waals surface area contributed by atoms with Crippen molar-refractivity contribution in [3.63, 3.8) is 0 Å². The van der Waals surface area contributed by atoms with Crippen LogP contribution in [0.1, 0.15) is 36.6 Å². The molecule has 0 saturated carbocycles. The maximum Gasteiger partial charge on any atom is 0.124 e. The summed E-state index contributed by atoms with van der Waals surface area (Å²) in [5.41, 5.74) is 3.70. The smallest absolute Gasteiger partial charge is 0.124 e. The normalized spacial score (nSPS) is 12.4. The van der Waals surface area contributed by atoms with Gasteiger partial charge in [-0.05, 0) is 39.4 Å². The highest BCUT2D eigenvalue weighted by atomic mass is 16.5. The van der Waals surface area contributed by atoms with Gasteiger partial charge in [0.05, 0.1) is 12.1 Å². The van der Waals surface area contributed by atoms with E-state index in [9.17, 15) is 0 Å². The van der Waals surface area contributed by atoms with E-state index in [1.165, 1.54) is 16.7 Å². The minimum Gasteiger partial charge on any atom is -0.491 e. The first-order chi connectivity index (χ1) is 9.61. The van der Waals surface area contributed by atoms with Crippen molar-refractivity contribution in [2.75, 3.05) is 7.05 Å². The van der Waals surface area contributed by atoms with Crippen LogP contribution in [-0.2, 0) is 0 Å². The predicted molar refractivity (Wildman–Crippen MR) is 84.3 cm³/mol. The molecule has 0 bridgehead atoms. The zero-order chi connectivity index (χ0) is 14.5.